The zero-order valence-corrected chi connectivity index (χ0v) is 14.6. The summed E-state index contributed by atoms with van der Waals surface area (Å²) < 4.78 is 9.99. The minimum Gasteiger partial charge on any atom is -0.497 e. The molecule has 0 radical (unpaired) electrons. The van der Waals surface area contributed by atoms with E-state index in [0.717, 1.165) is 4.90 Å². The number of amides is 3. The molecule has 0 aliphatic carbocycles. The zero-order valence-electron chi connectivity index (χ0n) is 14.6. The quantitative estimate of drug-likeness (QED) is 0.637. The van der Waals surface area contributed by atoms with Crippen LogP contribution >= 0.6 is 0 Å². The molecule has 0 fully saturated rings. The number of methoxy groups -OCH3 is 1. The van der Waals surface area contributed by atoms with Crippen LogP contribution in [-0.2, 0) is 9.53 Å². The number of fused-ring (bicyclic) bond motifs is 1. The number of ether oxygens (including phenoxy) is 2. The number of nitrogens with zero attached hydrogens (tertiary/aromatic N) is 1. The molecule has 1 N–H and O–H groups in total. The fourth-order valence-corrected chi connectivity index (χ4v) is 2.57. The lowest BCUT2D eigenvalue weighted by atomic mass is 10.1. The Hall–Kier alpha value is -3.68. The highest BCUT2D eigenvalue weighted by Gasteiger charge is 2.33. The van der Waals surface area contributed by atoms with Crippen LogP contribution in [-0.4, -0.2) is 49.4 Å². The second-order valence-electron chi connectivity index (χ2n) is 5.78. The number of benzene rings is 2. The fraction of sp³-hybridized carbons (Fsp3) is 0.158. The van der Waals surface area contributed by atoms with Crippen molar-refractivity contribution in [3.8, 4) is 5.75 Å². The number of hydrogen-bond donors (Lipinski definition) is 1. The van der Waals surface area contributed by atoms with Crippen LogP contribution in [0.4, 0.5) is 5.69 Å². The maximum absolute atomic E-state index is 12.1. The number of rotatable bonds is 5. The van der Waals surface area contributed by atoms with Crippen molar-refractivity contribution in [2.24, 2.45) is 0 Å². The van der Waals surface area contributed by atoms with Crippen LogP contribution in [0.3, 0.4) is 0 Å². The Labute approximate surface area is 154 Å². The third-order valence-corrected chi connectivity index (χ3v) is 4.03. The lowest BCUT2D eigenvalue weighted by Gasteiger charge is -2.08. The molecule has 0 spiro atoms. The van der Waals surface area contributed by atoms with E-state index in [2.05, 4.69) is 5.32 Å². The summed E-state index contributed by atoms with van der Waals surface area (Å²) in [5.41, 5.74) is 0.986. The van der Waals surface area contributed by atoms with Gasteiger partial charge in [-0.2, -0.15) is 0 Å². The maximum Gasteiger partial charge on any atom is 0.338 e. The molecule has 1 aliphatic rings. The summed E-state index contributed by atoms with van der Waals surface area (Å²) in [7, 11) is 2.90. The Bertz CT molecular complexity index is 936. The van der Waals surface area contributed by atoms with Crippen LogP contribution < -0.4 is 10.1 Å². The first-order chi connectivity index (χ1) is 12.9. The molecule has 8 heteroatoms. The summed E-state index contributed by atoms with van der Waals surface area (Å²) in [5, 5.41) is 2.58. The van der Waals surface area contributed by atoms with Gasteiger partial charge in [0.05, 0.1) is 23.8 Å². The number of nitrogens with one attached hydrogen (secondary N) is 1. The highest BCUT2D eigenvalue weighted by Crippen LogP contribution is 2.23. The molecule has 27 heavy (non-hydrogen) atoms. The second kappa shape index (κ2) is 7.28. The van der Waals surface area contributed by atoms with Gasteiger partial charge in [-0.05, 0) is 42.5 Å². The predicted octanol–water partition coefficient (Wildman–Crippen LogP) is 1.72. The summed E-state index contributed by atoms with van der Waals surface area (Å²) in [6, 6.07) is 10.7. The normalized spacial score (nSPS) is 12.6. The maximum atomic E-state index is 12.1. The largest absolute Gasteiger partial charge is 0.497 e. The van der Waals surface area contributed by atoms with Gasteiger partial charge in [-0.1, -0.05) is 0 Å². The molecule has 0 aromatic heterocycles. The lowest BCUT2D eigenvalue weighted by molar-refractivity contribution is -0.119. The number of hydrogen-bond acceptors (Lipinski definition) is 6. The van der Waals surface area contributed by atoms with Crippen molar-refractivity contribution in [2.45, 2.75) is 0 Å². The molecule has 2 aromatic rings. The van der Waals surface area contributed by atoms with Crippen molar-refractivity contribution in [3.63, 3.8) is 0 Å². The Morgan fingerprint density at radius 2 is 1.67 bits per heavy atom. The van der Waals surface area contributed by atoms with E-state index in [0.29, 0.717) is 11.4 Å². The molecule has 3 amide bonds. The van der Waals surface area contributed by atoms with E-state index in [-0.39, 0.29) is 16.7 Å². The zero-order chi connectivity index (χ0) is 19.6. The van der Waals surface area contributed by atoms with Gasteiger partial charge in [0, 0.05) is 12.7 Å². The van der Waals surface area contributed by atoms with Crippen molar-refractivity contribution in [3.05, 3.63) is 59.2 Å². The number of anilines is 1. The molecule has 138 valence electrons. The van der Waals surface area contributed by atoms with E-state index < -0.39 is 30.3 Å². The van der Waals surface area contributed by atoms with E-state index in [9.17, 15) is 19.2 Å². The average Bonchev–Trinajstić information content (AvgIpc) is 2.90. The van der Waals surface area contributed by atoms with Crippen LogP contribution in [0, 0.1) is 0 Å². The van der Waals surface area contributed by atoms with Gasteiger partial charge >= 0.3 is 5.97 Å². The van der Waals surface area contributed by atoms with E-state index in [1.807, 2.05) is 0 Å². The SMILES string of the molecule is COc1ccc(NC(=O)COC(=O)c2ccc3c(c2)C(=O)N(C)C3=O)cc1. The number of esters is 1. The molecule has 0 bridgehead atoms. The van der Waals surface area contributed by atoms with E-state index >= 15 is 0 Å². The minimum absolute atomic E-state index is 0.0856. The molecule has 0 atom stereocenters. The predicted molar refractivity (Wildman–Crippen MR) is 94.8 cm³/mol. The molecular weight excluding hydrogens is 352 g/mol. The van der Waals surface area contributed by atoms with E-state index in [4.69, 9.17) is 9.47 Å². The summed E-state index contributed by atoms with van der Waals surface area (Å²) in [6.45, 7) is -0.491. The van der Waals surface area contributed by atoms with Gasteiger partial charge < -0.3 is 14.8 Å². The van der Waals surface area contributed by atoms with Crippen molar-refractivity contribution < 1.29 is 28.7 Å². The second-order valence-corrected chi connectivity index (χ2v) is 5.78. The highest BCUT2D eigenvalue weighted by molar-refractivity contribution is 6.21. The van der Waals surface area contributed by atoms with Crippen LogP contribution in [0.5, 0.6) is 5.75 Å². The Kier molecular flexibility index (Phi) is 4.89. The van der Waals surface area contributed by atoms with Crippen molar-refractivity contribution in [1.82, 2.24) is 4.90 Å². The average molecular weight is 368 g/mol. The van der Waals surface area contributed by atoms with Crippen LogP contribution in [0.2, 0.25) is 0 Å². The number of carbonyl (C=O) groups is 4. The third-order valence-electron chi connectivity index (χ3n) is 4.03. The van der Waals surface area contributed by atoms with Gasteiger partial charge in [0.15, 0.2) is 6.61 Å². The van der Waals surface area contributed by atoms with E-state index in [1.54, 1.807) is 24.3 Å². The minimum atomic E-state index is -0.766. The summed E-state index contributed by atoms with van der Waals surface area (Å²) >= 11 is 0. The first kappa shape index (κ1) is 18.1. The molecule has 2 aromatic carbocycles. The molecule has 8 nitrogen and oxygen atoms in total. The third kappa shape index (κ3) is 3.64. The summed E-state index contributed by atoms with van der Waals surface area (Å²) in [4.78, 5) is 48.8. The molecular formula is C19H16N2O6. The molecule has 0 saturated carbocycles. The Morgan fingerprint density at radius 3 is 2.33 bits per heavy atom. The van der Waals surface area contributed by atoms with Gasteiger partial charge in [0.25, 0.3) is 17.7 Å². The van der Waals surface area contributed by atoms with Gasteiger partial charge in [0.1, 0.15) is 5.75 Å². The van der Waals surface area contributed by atoms with Gasteiger partial charge in [-0.3, -0.25) is 19.3 Å². The first-order valence-corrected chi connectivity index (χ1v) is 7.98. The molecule has 1 aliphatic heterocycles. The van der Waals surface area contributed by atoms with Crippen molar-refractivity contribution in [2.75, 3.05) is 26.1 Å². The van der Waals surface area contributed by atoms with Gasteiger partial charge in [-0.15, -0.1) is 0 Å². The number of imide groups is 1. The van der Waals surface area contributed by atoms with Crippen LogP contribution in [0.1, 0.15) is 31.1 Å². The summed E-state index contributed by atoms with van der Waals surface area (Å²) in [6.07, 6.45) is 0. The topological polar surface area (TPSA) is 102 Å². The lowest BCUT2D eigenvalue weighted by Crippen LogP contribution is -2.24. The molecule has 1 heterocycles. The van der Waals surface area contributed by atoms with Gasteiger partial charge in [0.2, 0.25) is 0 Å². The van der Waals surface area contributed by atoms with Crippen LogP contribution in [0.25, 0.3) is 0 Å². The Balaban J connectivity index is 1.60. The fourth-order valence-electron chi connectivity index (χ4n) is 2.57. The highest BCUT2D eigenvalue weighted by atomic mass is 16.5. The summed E-state index contributed by atoms with van der Waals surface area (Å²) in [5.74, 6) is -1.54. The Morgan fingerprint density at radius 1 is 1.00 bits per heavy atom. The van der Waals surface area contributed by atoms with Crippen LogP contribution in [0.15, 0.2) is 42.5 Å². The smallest absolute Gasteiger partial charge is 0.338 e. The van der Waals surface area contributed by atoms with Crippen molar-refractivity contribution in [1.29, 1.82) is 0 Å². The number of carbonyl (C=O) groups excluding carboxylic acids is 4. The van der Waals surface area contributed by atoms with E-state index in [1.165, 1.54) is 32.4 Å². The standard InChI is InChI=1S/C19H16N2O6/c1-21-17(23)14-8-3-11(9-15(14)18(21)24)19(25)27-10-16(22)20-12-4-6-13(26-2)7-5-12/h3-9H,10H2,1-2H3,(H,20,22). The monoisotopic (exact) mass is 368 g/mol. The molecule has 0 saturated heterocycles. The van der Waals surface area contributed by atoms with Crippen molar-refractivity contribution >= 4 is 29.4 Å². The molecule has 3 rings (SSSR count). The molecule has 0 unspecified atom stereocenters. The van der Waals surface area contributed by atoms with Gasteiger partial charge in [-0.25, -0.2) is 4.79 Å². The first-order valence-electron chi connectivity index (χ1n) is 7.98.